The number of carbonyl (C=O) groups is 2. The van der Waals surface area contributed by atoms with Gasteiger partial charge in [-0.3, -0.25) is 9.59 Å². The van der Waals surface area contributed by atoms with Crippen molar-refractivity contribution in [1.82, 2.24) is 9.80 Å². The van der Waals surface area contributed by atoms with E-state index in [0.717, 1.165) is 6.42 Å². The Morgan fingerprint density at radius 2 is 2.33 bits per heavy atom. The van der Waals surface area contributed by atoms with Crippen LogP contribution in [0.1, 0.15) is 20.3 Å². The van der Waals surface area contributed by atoms with Crippen molar-refractivity contribution in [2.45, 2.75) is 31.1 Å². The Kier molecular flexibility index (Phi) is 4.13. The maximum absolute atomic E-state index is 11.8. The predicted molar refractivity (Wildman–Crippen MR) is 61.8 cm³/mol. The molecule has 0 bridgehead atoms. The van der Waals surface area contributed by atoms with Crippen molar-refractivity contribution in [3.63, 3.8) is 0 Å². The highest BCUT2D eigenvalue weighted by Crippen LogP contribution is 2.21. The fourth-order valence-corrected chi connectivity index (χ4v) is 2.13. The Bertz CT molecular complexity index is 270. The molecule has 0 radical (unpaired) electrons. The van der Waals surface area contributed by atoms with Crippen molar-refractivity contribution in [3.05, 3.63) is 0 Å². The molecule has 0 spiro atoms. The van der Waals surface area contributed by atoms with Gasteiger partial charge in [-0.05, 0) is 20.3 Å². The normalized spacial score (nSPS) is 23.1. The highest BCUT2D eigenvalue weighted by molar-refractivity contribution is 9.10. The van der Waals surface area contributed by atoms with Crippen LogP contribution in [0.5, 0.6) is 0 Å². The molecule has 0 aliphatic carbocycles. The van der Waals surface area contributed by atoms with Gasteiger partial charge in [0.25, 0.3) is 0 Å². The molecule has 0 N–H and O–H groups in total. The fraction of sp³-hybridized carbons (Fsp3) is 0.800. The van der Waals surface area contributed by atoms with Crippen LogP contribution in [0.4, 0.5) is 0 Å². The molecular weight excluding hydrogens is 260 g/mol. The Labute approximate surface area is 98.7 Å². The zero-order chi connectivity index (χ0) is 11.6. The standard InChI is InChI=1S/C10H17BrN2O2/c1-4-12(3)9(14)7(2)13-6-5-8(11)10(13)15/h7-8H,4-6H2,1-3H3. The summed E-state index contributed by atoms with van der Waals surface area (Å²) in [6, 6.07) is -0.343. The summed E-state index contributed by atoms with van der Waals surface area (Å²) in [5, 5.41) is 0. The Balaban J connectivity index is 2.65. The van der Waals surface area contributed by atoms with E-state index in [1.807, 2.05) is 6.92 Å². The molecule has 4 nitrogen and oxygen atoms in total. The lowest BCUT2D eigenvalue weighted by atomic mass is 10.2. The quantitative estimate of drug-likeness (QED) is 0.718. The summed E-state index contributed by atoms with van der Waals surface area (Å²) in [5.41, 5.74) is 0. The number of nitrogens with zero attached hydrogens (tertiary/aromatic N) is 2. The smallest absolute Gasteiger partial charge is 0.244 e. The molecule has 0 aromatic heterocycles. The number of likely N-dealkylation sites (tertiary alicyclic amines) is 1. The number of likely N-dealkylation sites (N-methyl/N-ethyl adjacent to an activating group) is 1. The van der Waals surface area contributed by atoms with Crippen molar-refractivity contribution in [1.29, 1.82) is 0 Å². The van der Waals surface area contributed by atoms with Gasteiger partial charge in [-0.1, -0.05) is 15.9 Å². The molecule has 0 saturated carbocycles. The molecule has 2 unspecified atom stereocenters. The topological polar surface area (TPSA) is 40.6 Å². The number of alkyl halides is 1. The second kappa shape index (κ2) is 4.96. The van der Waals surface area contributed by atoms with Gasteiger partial charge in [-0.25, -0.2) is 0 Å². The maximum atomic E-state index is 11.8. The third-order valence-electron chi connectivity index (χ3n) is 2.85. The van der Waals surface area contributed by atoms with Gasteiger partial charge in [0.15, 0.2) is 0 Å². The minimum Gasteiger partial charge on any atom is -0.344 e. The molecule has 15 heavy (non-hydrogen) atoms. The minimum atomic E-state index is -0.343. The Hall–Kier alpha value is -0.580. The van der Waals surface area contributed by atoms with Crippen LogP contribution in [-0.4, -0.2) is 52.6 Å². The number of hydrogen-bond acceptors (Lipinski definition) is 2. The number of amides is 2. The van der Waals surface area contributed by atoms with E-state index in [4.69, 9.17) is 0 Å². The number of halogens is 1. The molecule has 86 valence electrons. The molecule has 0 aromatic carbocycles. The summed E-state index contributed by atoms with van der Waals surface area (Å²) in [6.45, 7) is 5.04. The van der Waals surface area contributed by atoms with Crippen molar-refractivity contribution >= 4 is 27.7 Å². The van der Waals surface area contributed by atoms with Crippen LogP contribution < -0.4 is 0 Å². The molecule has 1 aliphatic heterocycles. The summed E-state index contributed by atoms with van der Waals surface area (Å²) in [5.74, 6) is 0.0350. The molecule has 1 fully saturated rings. The second-order valence-corrected chi connectivity index (χ2v) is 4.92. The van der Waals surface area contributed by atoms with E-state index in [1.54, 1.807) is 23.8 Å². The molecule has 1 saturated heterocycles. The van der Waals surface area contributed by atoms with Gasteiger partial charge in [0.1, 0.15) is 6.04 Å². The molecule has 1 rings (SSSR count). The van der Waals surface area contributed by atoms with Gasteiger partial charge in [-0.15, -0.1) is 0 Å². The van der Waals surface area contributed by atoms with Crippen LogP contribution in [0.3, 0.4) is 0 Å². The summed E-state index contributed by atoms with van der Waals surface area (Å²) in [4.78, 5) is 26.7. The molecule has 1 heterocycles. The van der Waals surface area contributed by atoms with Gasteiger partial charge in [0.2, 0.25) is 11.8 Å². The molecule has 2 amide bonds. The van der Waals surface area contributed by atoms with Crippen LogP contribution >= 0.6 is 15.9 Å². The summed E-state index contributed by atoms with van der Waals surface area (Å²) in [7, 11) is 1.75. The van der Waals surface area contributed by atoms with Crippen LogP contribution in [0.25, 0.3) is 0 Å². The highest BCUT2D eigenvalue weighted by atomic mass is 79.9. The molecule has 2 atom stereocenters. The lowest BCUT2D eigenvalue weighted by molar-refractivity contribution is -0.141. The lowest BCUT2D eigenvalue weighted by Crippen LogP contribution is -2.46. The van der Waals surface area contributed by atoms with Crippen molar-refractivity contribution in [3.8, 4) is 0 Å². The summed E-state index contributed by atoms with van der Waals surface area (Å²) in [6.07, 6.45) is 0.784. The van der Waals surface area contributed by atoms with Crippen LogP contribution in [0.15, 0.2) is 0 Å². The van der Waals surface area contributed by atoms with E-state index in [9.17, 15) is 9.59 Å². The first kappa shape index (κ1) is 12.5. The van der Waals surface area contributed by atoms with Crippen molar-refractivity contribution < 1.29 is 9.59 Å². The van der Waals surface area contributed by atoms with Gasteiger partial charge in [0, 0.05) is 20.1 Å². The third-order valence-corrected chi connectivity index (χ3v) is 3.70. The van der Waals surface area contributed by atoms with Crippen molar-refractivity contribution in [2.24, 2.45) is 0 Å². The molecule has 1 aliphatic rings. The summed E-state index contributed by atoms with van der Waals surface area (Å²) >= 11 is 3.30. The average molecular weight is 277 g/mol. The predicted octanol–water partition coefficient (Wildman–Crippen LogP) is 0.849. The lowest BCUT2D eigenvalue weighted by Gasteiger charge is -2.27. The molecule has 0 aromatic rings. The SMILES string of the molecule is CCN(C)C(=O)C(C)N1CCC(Br)C1=O. The van der Waals surface area contributed by atoms with Gasteiger partial charge < -0.3 is 9.80 Å². The number of rotatable bonds is 3. The first-order valence-corrected chi connectivity index (χ1v) is 6.10. The number of hydrogen-bond donors (Lipinski definition) is 0. The van der Waals surface area contributed by atoms with E-state index in [0.29, 0.717) is 13.1 Å². The third kappa shape index (κ3) is 2.51. The van der Waals surface area contributed by atoms with Gasteiger partial charge >= 0.3 is 0 Å². The van der Waals surface area contributed by atoms with Crippen LogP contribution in [0.2, 0.25) is 0 Å². The average Bonchev–Trinajstić information content (AvgIpc) is 2.56. The zero-order valence-corrected chi connectivity index (χ0v) is 11.0. The van der Waals surface area contributed by atoms with E-state index in [1.165, 1.54) is 0 Å². The summed E-state index contributed by atoms with van der Waals surface area (Å²) < 4.78 is 0. The molecule has 5 heteroatoms. The van der Waals surface area contributed by atoms with E-state index in [2.05, 4.69) is 15.9 Å². The Morgan fingerprint density at radius 3 is 2.73 bits per heavy atom. The highest BCUT2D eigenvalue weighted by Gasteiger charge is 2.35. The minimum absolute atomic E-state index is 0.00690. The van der Waals surface area contributed by atoms with E-state index >= 15 is 0 Å². The van der Waals surface area contributed by atoms with Crippen molar-refractivity contribution in [2.75, 3.05) is 20.1 Å². The Morgan fingerprint density at radius 1 is 1.73 bits per heavy atom. The first-order chi connectivity index (χ1) is 6.99. The number of carbonyl (C=O) groups excluding carboxylic acids is 2. The second-order valence-electron chi connectivity index (χ2n) is 3.82. The zero-order valence-electron chi connectivity index (χ0n) is 9.36. The van der Waals surface area contributed by atoms with E-state index < -0.39 is 0 Å². The largest absolute Gasteiger partial charge is 0.344 e. The maximum Gasteiger partial charge on any atom is 0.244 e. The fourth-order valence-electron chi connectivity index (χ4n) is 1.66. The monoisotopic (exact) mass is 276 g/mol. The van der Waals surface area contributed by atoms with Gasteiger partial charge in [0.05, 0.1) is 4.83 Å². The van der Waals surface area contributed by atoms with Crippen LogP contribution in [-0.2, 0) is 9.59 Å². The van der Waals surface area contributed by atoms with Gasteiger partial charge in [-0.2, -0.15) is 0 Å². The first-order valence-electron chi connectivity index (χ1n) is 5.18. The molecular formula is C10H17BrN2O2. The van der Waals surface area contributed by atoms with E-state index in [-0.39, 0.29) is 22.7 Å². The van der Waals surface area contributed by atoms with Crippen LogP contribution in [0, 0.1) is 0 Å².